The number of hydrogen-bond acceptors (Lipinski definition) is 5. The molecule has 0 aliphatic rings. The molecule has 8 heteroatoms. The second-order valence-electron chi connectivity index (χ2n) is 6.61. The highest BCUT2D eigenvalue weighted by Crippen LogP contribution is 2.23. The summed E-state index contributed by atoms with van der Waals surface area (Å²) < 4.78 is 34.9. The molecule has 0 atom stereocenters. The van der Waals surface area contributed by atoms with E-state index < -0.39 is 16.0 Å². The molecule has 30 heavy (non-hydrogen) atoms. The van der Waals surface area contributed by atoms with E-state index in [0.29, 0.717) is 6.54 Å². The Hall–Kier alpha value is -3.65. The van der Waals surface area contributed by atoms with E-state index in [1.807, 2.05) is 42.5 Å². The highest BCUT2D eigenvalue weighted by molar-refractivity contribution is 7.92. The molecule has 0 spiro atoms. The van der Waals surface area contributed by atoms with E-state index in [1.54, 1.807) is 22.9 Å². The van der Waals surface area contributed by atoms with E-state index in [2.05, 4.69) is 9.71 Å². The Labute approximate surface area is 174 Å². The predicted molar refractivity (Wildman–Crippen MR) is 114 cm³/mol. The zero-order valence-electron chi connectivity index (χ0n) is 16.1. The van der Waals surface area contributed by atoms with Crippen molar-refractivity contribution in [3.8, 4) is 0 Å². The van der Waals surface area contributed by atoms with Crippen LogP contribution in [0.1, 0.15) is 15.9 Å². The number of aromatic nitrogens is 2. The van der Waals surface area contributed by atoms with Gasteiger partial charge in [0.1, 0.15) is 4.90 Å². The molecule has 4 rings (SSSR count). The van der Waals surface area contributed by atoms with Crippen LogP contribution in [-0.4, -0.2) is 31.0 Å². The molecular weight excluding hydrogens is 402 g/mol. The quantitative estimate of drug-likeness (QED) is 0.480. The van der Waals surface area contributed by atoms with Gasteiger partial charge in [-0.2, -0.15) is 0 Å². The summed E-state index contributed by atoms with van der Waals surface area (Å²) >= 11 is 0. The summed E-state index contributed by atoms with van der Waals surface area (Å²) in [5, 5.41) is 2.18. The van der Waals surface area contributed by atoms with Crippen LogP contribution in [0.4, 0.5) is 5.95 Å². The van der Waals surface area contributed by atoms with Gasteiger partial charge in [0.2, 0.25) is 5.95 Å². The van der Waals surface area contributed by atoms with E-state index in [-0.39, 0.29) is 16.4 Å². The van der Waals surface area contributed by atoms with Gasteiger partial charge in [0.25, 0.3) is 10.0 Å². The van der Waals surface area contributed by atoms with Crippen LogP contribution in [0.5, 0.6) is 0 Å². The van der Waals surface area contributed by atoms with Gasteiger partial charge < -0.3 is 9.30 Å². The molecule has 0 fully saturated rings. The van der Waals surface area contributed by atoms with Crippen molar-refractivity contribution >= 4 is 32.7 Å². The predicted octanol–water partition coefficient (Wildman–Crippen LogP) is 3.67. The normalized spacial score (nSPS) is 11.4. The third-order valence-electron chi connectivity index (χ3n) is 4.74. The molecule has 1 heterocycles. The molecule has 0 saturated heterocycles. The standard InChI is InChI=1S/C22H19N3O4S/c1-29-21(26)19-11-4-5-12-20(19)30(27,28)24-22-23-13-14-25(22)15-17-9-6-8-16-7-2-3-10-18(16)17/h2-14H,15H2,1H3,(H,23,24). The van der Waals surface area contributed by atoms with Crippen molar-refractivity contribution < 1.29 is 17.9 Å². The molecule has 7 nitrogen and oxygen atoms in total. The van der Waals surface area contributed by atoms with Gasteiger partial charge in [0.05, 0.1) is 19.2 Å². The summed E-state index contributed by atoms with van der Waals surface area (Å²) in [5.74, 6) is -0.572. The molecule has 1 N–H and O–H groups in total. The molecule has 0 saturated carbocycles. The molecule has 0 bridgehead atoms. The number of carbonyl (C=O) groups excluding carboxylic acids is 1. The largest absolute Gasteiger partial charge is 0.465 e. The summed E-state index contributed by atoms with van der Waals surface area (Å²) in [6.45, 7) is 0.428. The molecule has 0 aliphatic heterocycles. The highest BCUT2D eigenvalue weighted by Gasteiger charge is 2.24. The van der Waals surface area contributed by atoms with Gasteiger partial charge in [-0.1, -0.05) is 54.6 Å². The van der Waals surface area contributed by atoms with Crippen molar-refractivity contribution in [3.05, 3.63) is 90.3 Å². The summed E-state index contributed by atoms with van der Waals surface area (Å²) in [7, 11) is -2.86. The van der Waals surface area contributed by atoms with Crippen LogP contribution in [0, 0.1) is 0 Å². The lowest BCUT2D eigenvalue weighted by atomic mass is 10.0. The Morgan fingerprint density at radius 2 is 1.77 bits per heavy atom. The number of benzene rings is 3. The first-order valence-corrected chi connectivity index (χ1v) is 10.7. The lowest BCUT2D eigenvalue weighted by Gasteiger charge is -2.13. The van der Waals surface area contributed by atoms with Gasteiger partial charge in [-0.25, -0.2) is 22.9 Å². The molecule has 1 aromatic heterocycles. The minimum Gasteiger partial charge on any atom is -0.465 e. The third kappa shape index (κ3) is 3.77. The summed E-state index contributed by atoms with van der Waals surface area (Å²) in [6.07, 6.45) is 3.22. The third-order valence-corrected chi connectivity index (χ3v) is 6.13. The lowest BCUT2D eigenvalue weighted by Crippen LogP contribution is -2.20. The molecule has 0 aliphatic carbocycles. The number of hydrogen-bond donors (Lipinski definition) is 1. The maximum Gasteiger partial charge on any atom is 0.339 e. The number of anilines is 1. The molecule has 0 amide bonds. The summed E-state index contributed by atoms with van der Waals surface area (Å²) in [6, 6.07) is 19.9. The van der Waals surface area contributed by atoms with E-state index in [4.69, 9.17) is 4.74 Å². The fourth-order valence-corrected chi connectivity index (χ4v) is 4.53. The Morgan fingerprint density at radius 1 is 1.03 bits per heavy atom. The lowest BCUT2D eigenvalue weighted by molar-refractivity contribution is 0.0596. The maximum atomic E-state index is 13.0. The fraction of sp³-hybridized carbons (Fsp3) is 0.0909. The van der Waals surface area contributed by atoms with Gasteiger partial charge in [-0.15, -0.1) is 0 Å². The first-order chi connectivity index (χ1) is 14.5. The van der Waals surface area contributed by atoms with Gasteiger partial charge in [0.15, 0.2) is 0 Å². The first kappa shape index (κ1) is 19.7. The summed E-state index contributed by atoms with van der Waals surface area (Å²) in [4.78, 5) is 16.0. The minimum atomic E-state index is -4.06. The Balaban J connectivity index is 1.67. The van der Waals surface area contributed by atoms with Crippen LogP contribution in [0.2, 0.25) is 0 Å². The number of imidazole rings is 1. The van der Waals surface area contributed by atoms with Crippen molar-refractivity contribution in [3.63, 3.8) is 0 Å². The molecular formula is C22H19N3O4S. The number of rotatable bonds is 6. The van der Waals surface area contributed by atoms with Crippen molar-refractivity contribution in [2.75, 3.05) is 11.8 Å². The van der Waals surface area contributed by atoms with Crippen molar-refractivity contribution in [1.82, 2.24) is 9.55 Å². The minimum absolute atomic E-state index is 0.0420. The van der Waals surface area contributed by atoms with Crippen LogP contribution in [0.25, 0.3) is 10.8 Å². The van der Waals surface area contributed by atoms with Gasteiger partial charge in [-0.3, -0.25) is 0 Å². The molecule has 0 unspecified atom stereocenters. The van der Waals surface area contributed by atoms with Crippen LogP contribution in [0.3, 0.4) is 0 Å². The Bertz CT molecular complexity index is 1320. The second-order valence-corrected chi connectivity index (χ2v) is 8.26. The second kappa shape index (κ2) is 8.00. The van der Waals surface area contributed by atoms with Gasteiger partial charge >= 0.3 is 5.97 Å². The number of esters is 1. The van der Waals surface area contributed by atoms with E-state index >= 15 is 0 Å². The Morgan fingerprint density at radius 3 is 2.60 bits per heavy atom. The number of carbonyl (C=O) groups is 1. The molecule has 0 radical (unpaired) electrons. The average molecular weight is 421 g/mol. The van der Waals surface area contributed by atoms with Crippen LogP contribution >= 0.6 is 0 Å². The SMILES string of the molecule is COC(=O)c1ccccc1S(=O)(=O)Nc1nccn1Cc1cccc2ccccc12. The highest BCUT2D eigenvalue weighted by atomic mass is 32.2. The van der Waals surface area contributed by atoms with Crippen molar-refractivity contribution in [2.24, 2.45) is 0 Å². The molecule has 3 aromatic carbocycles. The smallest absolute Gasteiger partial charge is 0.339 e. The Kier molecular flexibility index (Phi) is 5.24. The number of nitrogens with zero attached hydrogens (tertiary/aromatic N) is 2. The zero-order valence-corrected chi connectivity index (χ0v) is 17.0. The van der Waals surface area contributed by atoms with Crippen LogP contribution in [0.15, 0.2) is 84.0 Å². The number of nitrogens with one attached hydrogen (secondary N) is 1. The van der Waals surface area contributed by atoms with Crippen molar-refractivity contribution in [2.45, 2.75) is 11.4 Å². The van der Waals surface area contributed by atoms with E-state index in [1.165, 1.54) is 25.4 Å². The van der Waals surface area contributed by atoms with Crippen LogP contribution in [-0.2, 0) is 21.3 Å². The number of sulfonamides is 1. The number of fused-ring (bicyclic) bond motifs is 1. The van der Waals surface area contributed by atoms with E-state index in [0.717, 1.165) is 16.3 Å². The molecule has 152 valence electrons. The number of ether oxygens (including phenoxy) is 1. The molecule has 4 aromatic rings. The zero-order chi connectivity index (χ0) is 21.1. The van der Waals surface area contributed by atoms with Gasteiger partial charge in [0, 0.05) is 12.4 Å². The van der Waals surface area contributed by atoms with E-state index in [9.17, 15) is 13.2 Å². The maximum absolute atomic E-state index is 13.0. The topological polar surface area (TPSA) is 90.3 Å². The number of methoxy groups -OCH3 is 1. The fourth-order valence-electron chi connectivity index (χ4n) is 3.31. The van der Waals surface area contributed by atoms with Crippen LogP contribution < -0.4 is 4.72 Å². The first-order valence-electron chi connectivity index (χ1n) is 9.17. The van der Waals surface area contributed by atoms with Gasteiger partial charge in [-0.05, 0) is 28.5 Å². The van der Waals surface area contributed by atoms with Crippen molar-refractivity contribution in [1.29, 1.82) is 0 Å². The average Bonchev–Trinajstić information content (AvgIpc) is 3.19. The monoisotopic (exact) mass is 421 g/mol. The summed E-state index contributed by atoms with van der Waals surface area (Å²) in [5.41, 5.74) is 0.987.